The third-order valence-corrected chi connectivity index (χ3v) is 3.70. The van der Waals surface area contributed by atoms with Crippen LogP contribution >= 0.6 is 11.6 Å². The number of benzene rings is 2. The molecule has 0 saturated carbocycles. The Morgan fingerprint density at radius 1 is 1.05 bits per heavy atom. The van der Waals surface area contributed by atoms with Gasteiger partial charge in [-0.1, -0.05) is 67.1 Å². The molecule has 0 fully saturated rings. The first-order valence-corrected chi connectivity index (χ1v) is 7.34. The van der Waals surface area contributed by atoms with E-state index in [9.17, 15) is 4.79 Å². The Morgan fingerprint density at radius 3 is 2.43 bits per heavy atom. The molecule has 0 aliphatic heterocycles. The van der Waals surface area contributed by atoms with Gasteiger partial charge in [0.25, 0.3) is 0 Å². The van der Waals surface area contributed by atoms with E-state index < -0.39 is 0 Å². The first-order chi connectivity index (χ1) is 10.2. The number of nitrogens with one attached hydrogen (secondary N) is 2. The third kappa shape index (κ3) is 4.80. The van der Waals surface area contributed by atoms with Crippen molar-refractivity contribution in [2.75, 3.05) is 6.54 Å². The van der Waals surface area contributed by atoms with E-state index >= 15 is 0 Å². The maximum absolute atomic E-state index is 11.8. The second-order valence-corrected chi connectivity index (χ2v) is 5.37. The van der Waals surface area contributed by atoms with Gasteiger partial charge in [-0.05, 0) is 23.1 Å². The summed E-state index contributed by atoms with van der Waals surface area (Å²) in [5.41, 5.74) is 2.12. The topological polar surface area (TPSA) is 41.1 Å². The number of hydrogen-bond acceptors (Lipinski definition) is 1. The van der Waals surface area contributed by atoms with Crippen LogP contribution in [-0.2, 0) is 6.54 Å². The maximum Gasteiger partial charge on any atom is 0.315 e. The lowest BCUT2D eigenvalue weighted by atomic mass is 10.0. The van der Waals surface area contributed by atoms with Crippen molar-refractivity contribution in [3.8, 4) is 0 Å². The number of carbonyl (C=O) groups is 1. The van der Waals surface area contributed by atoms with Crippen LogP contribution in [-0.4, -0.2) is 12.6 Å². The standard InChI is InChI=1S/C17H19ClN2O/c1-13(14-7-3-2-4-8-14)11-19-17(21)20-12-15-9-5-6-10-16(15)18/h2-10,13H,11-12H2,1H3,(H2,19,20,21)/t13-/m1/s1. The van der Waals surface area contributed by atoms with Crippen LogP contribution in [0.15, 0.2) is 54.6 Å². The van der Waals surface area contributed by atoms with E-state index in [1.165, 1.54) is 5.56 Å². The van der Waals surface area contributed by atoms with Gasteiger partial charge >= 0.3 is 6.03 Å². The fraction of sp³-hybridized carbons (Fsp3) is 0.235. The predicted molar refractivity (Wildman–Crippen MR) is 86.5 cm³/mol. The van der Waals surface area contributed by atoms with Crippen LogP contribution in [0.1, 0.15) is 24.0 Å². The minimum absolute atomic E-state index is 0.183. The monoisotopic (exact) mass is 302 g/mol. The third-order valence-electron chi connectivity index (χ3n) is 3.33. The average Bonchev–Trinajstić information content (AvgIpc) is 2.52. The molecule has 2 aromatic rings. The molecule has 2 rings (SSSR count). The molecular weight excluding hydrogens is 284 g/mol. The zero-order chi connectivity index (χ0) is 15.1. The zero-order valence-electron chi connectivity index (χ0n) is 12.0. The van der Waals surface area contributed by atoms with Gasteiger partial charge in [-0.15, -0.1) is 0 Å². The van der Waals surface area contributed by atoms with E-state index in [4.69, 9.17) is 11.6 Å². The summed E-state index contributed by atoms with van der Waals surface area (Å²) < 4.78 is 0. The Kier molecular flexibility index (Phi) is 5.64. The molecule has 2 aromatic carbocycles. The predicted octanol–water partition coefficient (Wildman–Crippen LogP) is 3.94. The molecule has 21 heavy (non-hydrogen) atoms. The molecule has 0 unspecified atom stereocenters. The van der Waals surface area contributed by atoms with Gasteiger partial charge in [0.05, 0.1) is 0 Å². The minimum atomic E-state index is -0.183. The summed E-state index contributed by atoms with van der Waals surface area (Å²) in [6.07, 6.45) is 0. The van der Waals surface area contributed by atoms with Crippen LogP contribution in [0, 0.1) is 0 Å². The van der Waals surface area contributed by atoms with Gasteiger partial charge in [0.15, 0.2) is 0 Å². The van der Waals surface area contributed by atoms with Crippen LogP contribution in [0.2, 0.25) is 5.02 Å². The molecule has 3 nitrogen and oxygen atoms in total. The number of rotatable bonds is 5. The molecule has 0 saturated heterocycles. The molecule has 4 heteroatoms. The number of urea groups is 1. The highest BCUT2D eigenvalue weighted by Gasteiger charge is 2.07. The fourth-order valence-electron chi connectivity index (χ4n) is 2.02. The summed E-state index contributed by atoms with van der Waals surface area (Å²) in [5.74, 6) is 0.275. The molecule has 110 valence electrons. The summed E-state index contributed by atoms with van der Waals surface area (Å²) >= 11 is 6.04. The van der Waals surface area contributed by atoms with Crippen molar-refractivity contribution in [3.05, 3.63) is 70.7 Å². The minimum Gasteiger partial charge on any atom is -0.338 e. The lowest BCUT2D eigenvalue weighted by Crippen LogP contribution is -2.37. The van der Waals surface area contributed by atoms with Crippen LogP contribution in [0.4, 0.5) is 4.79 Å². The Morgan fingerprint density at radius 2 is 1.71 bits per heavy atom. The highest BCUT2D eigenvalue weighted by atomic mass is 35.5. The maximum atomic E-state index is 11.8. The van der Waals surface area contributed by atoms with E-state index in [2.05, 4.69) is 29.7 Å². The normalized spacial score (nSPS) is 11.7. The fourth-order valence-corrected chi connectivity index (χ4v) is 2.23. The van der Waals surface area contributed by atoms with Crippen molar-refractivity contribution in [3.63, 3.8) is 0 Å². The summed E-state index contributed by atoms with van der Waals surface area (Å²) in [6, 6.07) is 17.4. The second kappa shape index (κ2) is 7.70. The molecule has 2 amide bonds. The highest BCUT2D eigenvalue weighted by Crippen LogP contribution is 2.14. The number of halogens is 1. The van der Waals surface area contributed by atoms with Gasteiger partial charge in [0.2, 0.25) is 0 Å². The summed E-state index contributed by atoms with van der Waals surface area (Å²) in [6.45, 7) is 3.10. The first-order valence-electron chi connectivity index (χ1n) is 6.97. The molecule has 0 radical (unpaired) electrons. The molecule has 0 heterocycles. The lowest BCUT2D eigenvalue weighted by Gasteiger charge is -2.14. The van der Waals surface area contributed by atoms with Crippen molar-refractivity contribution < 1.29 is 4.79 Å². The van der Waals surface area contributed by atoms with E-state index in [-0.39, 0.29) is 11.9 Å². The second-order valence-electron chi connectivity index (χ2n) is 4.97. The summed E-state index contributed by atoms with van der Waals surface area (Å²) in [7, 11) is 0. The molecular formula is C17H19ClN2O. The highest BCUT2D eigenvalue weighted by molar-refractivity contribution is 6.31. The van der Waals surface area contributed by atoms with Gasteiger partial charge in [0.1, 0.15) is 0 Å². The SMILES string of the molecule is C[C@H](CNC(=O)NCc1ccccc1Cl)c1ccccc1. The molecule has 0 spiro atoms. The van der Waals surface area contributed by atoms with Crippen molar-refractivity contribution in [2.45, 2.75) is 19.4 Å². The van der Waals surface area contributed by atoms with Crippen LogP contribution in [0.3, 0.4) is 0 Å². The van der Waals surface area contributed by atoms with E-state index in [0.717, 1.165) is 5.56 Å². The average molecular weight is 303 g/mol. The Hall–Kier alpha value is -2.00. The van der Waals surface area contributed by atoms with Crippen molar-refractivity contribution in [2.24, 2.45) is 0 Å². The smallest absolute Gasteiger partial charge is 0.315 e. The van der Waals surface area contributed by atoms with Crippen LogP contribution < -0.4 is 10.6 Å². The zero-order valence-corrected chi connectivity index (χ0v) is 12.7. The Balaban J connectivity index is 1.76. The Labute approximate surface area is 130 Å². The van der Waals surface area contributed by atoms with Gasteiger partial charge in [-0.25, -0.2) is 4.79 Å². The Bertz CT molecular complexity index is 586. The molecule has 0 aromatic heterocycles. The van der Waals surface area contributed by atoms with E-state index in [1.54, 1.807) is 0 Å². The number of amides is 2. The van der Waals surface area contributed by atoms with Crippen molar-refractivity contribution in [1.29, 1.82) is 0 Å². The van der Waals surface area contributed by atoms with Crippen molar-refractivity contribution >= 4 is 17.6 Å². The first kappa shape index (κ1) is 15.4. The molecule has 0 bridgehead atoms. The van der Waals surface area contributed by atoms with Gasteiger partial charge in [-0.2, -0.15) is 0 Å². The van der Waals surface area contributed by atoms with Crippen LogP contribution in [0.5, 0.6) is 0 Å². The van der Waals surface area contributed by atoms with Crippen LogP contribution in [0.25, 0.3) is 0 Å². The lowest BCUT2D eigenvalue weighted by molar-refractivity contribution is 0.240. The quantitative estimate of drug-likeness (QED) is 0.863. The van der Waals surface area contributed by atoms with E-state index in [0.29, 0.717) is 18.1 Å². The van der Waals surface area contributed by atoms with Crippen molar-refractivity contribution in [1.82, 2.24) is 10.6 Å². The molecule has 0 aliphatic carbocycles. The van der Waals surface area contributed by atoms with Gasteiger partial charge in [-0.3, -0.25) is 0 Å². The largest absolute Gasteiger partial charge is 0.338 e. The molecule has 1 atom stereocenters. The number of carbonyl (C=O) groups excluding carboxylic acids is 1. The van der Waals surface area contributed by atoms with E-state index in [1.807, 2.05) is 42.5 Å². The van der Waals surface area contributed by atoms with Gasteiger partial charge in [0, 0.05) is 18.1 Å². The summed E-state index contributed by atoms with van der Waals surface area (Å²) in [4.78, 5) is 11.8. The van der Waals surface area contributed by atoms with Gasteiger partial charge < -0.3 is 10.6 Å². The summed E-state index contributed by atoms with van der Waals surface area (Å²) in [5, 5.41) is 6.35. The molecule has 2 N–H and O–H groups in total. The molecule has 0 aliphatic rings. The number of hydrogen-bond donors (Lipinski definition) is 2.